The average molecular weight is 140 g/mol. The Morgan fingerprint density at radius 1 is 1.70 bits per heavy atom. The van der Waals surface area contributed by atoms with Crippen LogP contribution in [0, 0.1) is 5.82 Å². The van der Waals surface area contributed by atoms with Gasteiger partial charge in [0.2, 0.25) is 0 Å². The third-order valence-corrected chi connectivity index (χ3v) is 0.952. The number of carbonyl (C=O) groups excluding carboxylic acids is 1. The first-order valence-electron chi connectivity index (χ1n) is 2.53. The Morgan fingerprint density at radius 2 is 2.40 bits per heavy atom. The molecular formula is C6H3FNO2-. The van der Waals surface area contributed by atoms with Crippen molar-refractivity contribution in [2.45, 2.75) is 0 Å². The molecular weight excluding hydrogens is 137 g/mol. The van der Waals surface area contributed by atoms with Crippen LogP contribution in [0.2, 0.25) is 0 Å². The van der Waals surface area contributed by atoms with Crippen molar-refractivity contribution < 1.29 is 14.3 Å². The van der Waals surface area contributed by atoms with Crippen molar-refractivity contribution in [1.29, 1.82) is 0 Å². The van der Waals surface area contributed by atoms with Gasteiger partial charge in [0, 0.05) is 6.20 Å². The number of halogens is 1. The van der Waals surface area contributed by atoms with Crippen LogP contribution < -0.4 is 5.11 Å². The van der Waals surface area contributed by atoms with Gasteiger partial charge < -0.3 is 9.90 Å². The van der Waals surface area contributed by atoms with E-state index >= 15 is 0 Å². The number of aromatic carboxylic acids is 1. The Labute approximate surface area is 56.1 Å². The third-order valence-electron chi connectivity index (χ3n) is 0.952. The second kappa shape index (κ2) is 2.43. The lowest BCUT2D eigenvalue weighted by Gasteiger charge is -1.99. The molecule has 0 bridgehead atoms. The molecule has 3 nitrogen and oxygen atoms in total. The number of pyridine rings is 1. The minimum Gasteiger partial charge on any atom is -0.543 e. The lowest BCUT2D eigenvalue weighted by Crippen LogP contribution is -2.24. The molecule has 0 unspecified atom stereocenters. The summed E-state index contributed by atoms with van der Waals surface area (Å²) in [5, 5.41) is 10.0. The predicted octanol–water partition coefficient (Wildman–Crippen LogP) is -0.416. The van der Waals surface area contributed by atoms with Crippen molar-refractivity contribution in [1.82, 2.24) is 4.98 Å². The SMILES string of the molecule is O=C([O-])c1ncccc1F. The van der Waals surface area contributed by atoms with Crippen LogP contribution in [-0.2, 0) is 0 Å². The Bertz CT molecular complexity index is 262. The molecule has 0 saturated carbocycles. The van der Waals surface area contributed by atoms with Crippen LogP contribution in [0.4, 0.5) is 4.39 Å². The number of nitrogens with zero attached hydrogens (tertiary/aromatic N) is 1. The molecule has 0 spiro atoms. The summed E-state index contributed by atoms with van der Waals surface area (Å²) in [7, 11) is 0. The molecule has 1 aromatic rings. The third kappa shape index (κ3) is 1.10. The lowest BCUT2D eigenvalue weighted by molar-refractivity contribution is -0.255. The first-order valence-corrected chi connectivity index (χ1v) is 2.53. The monoisotopic (exact) mass is 140 g/mol. The van der Waals surface area contributed by atoms with Gasteiger partial charge in [0.25, 0.3) is 0 Å². The van der Waals surface area contributed by atoms with E-state index in [2.05, 4.69) is 4.98 Å². The molecule has 1 aromatic heterocycles. The maximum atomic E-state index is 12.4. The van der Waals surface area contributed by atoms with Crippen LogP contribution in [0.25, 0.3) is 0 Å². The summed E-state index contributed by atoms with van der Waals surface area (Å²) >= 11 is 0. The predicted molar refractivity (Wildman–Crippen MR) is 28.5 cm³/mol. The molecule has 10 heavy (non-hydrogen) atoms. The molecule has 52 valence electrons. The van der Waals surface area contributed by atoms with E-state index in [1.807, 2.05) is 0 Å². The van der Waals surface area contributed by atoms with Crippen molar-refractivity contribution in [2.24, 2.45) is 0 Å². The zero-order valence-electron chi connectivity index (χ0n) is 4.87. The molecule has 1 rings (SSSR count). The molecule has 0 aromatic carbocycles. The second-order valence-electron chi connectivity index (χ2n) is 1.62. The molecule has 0 aliphatic rings. The van der Waals surface area contributed by atoms with E-state index in [0.717, 1.165) is 6.07 Å². The number of hydrogen-bond acceptors (Lipinski definition) is 3. The number of carbonyl (C=O) groups is 1. The highest BCUT2D eigenvalue weighted by Gasteiger charge is 2.00. The van der Waals surface area contributed by atoms with Gasteiger partial charge in [-0.15, -0.1) is 0 Å². The van der Waals surface area contributed by atoms with Crippen molar-refractivity contribution in [2.75, 3.05) is 0 Å². The average Bonchev–Trinajstić information content (AvgIpc) is 1.88. The van der Waals surface area contributed by atoms with Gasteiger partial charge in [-0.2, -0.15) is 0 Å². The van der Waals surface area contributed by atoms with E-state index in [-0.39, 0.29) is 0 Å². The Hall–Kier alpha value is -1.45. The molecule has 0 aliphatic heterocycles. The van der Waals surface area contributed by atoms with Gasteiger partial charge in [0.1, 0.15) is 5.69 Å². The minimum atomic E-state index is -1.60. The minimum absolute atomic E-state index is 0.650. The topological polar surface area (TPSA) is 53.0 Å². The highest BCUT2D eigenvalue weighted by molar-refractivity contribution is 5.83. The molecule has 0 radical (unpaired) electrons. The van der Waals surface area contributed by atoms with E-state index in [1.165, 1.54) is 12.3 Å². The summed E-state index contributed by atoms with van der Waals surface area (Å²) in [6, 6.07) is 2.32. The van der Waals surface area contributed by atoms with Gasteiger partial charge in [-0.3, -0.25) is 4.98 Å². The fraction of sp³-hybridized carbons (Fsp3) is 0. The van der Waals surface area contributed by atoms with E-state index in [4.69, 9.17) is 0 Å². The van der Waals surface area contributed by atoms with Crippen LogP contribution in [-0.4, -0.2) is 11.0 Å². The summed E-state index contributed by atoms with van der Waals surface area (Å²) in [5.74, 6) is -2.47. The molecule has 0 aliphatic carbocycles. The van der Waals surface area contributed by atoms with Crippen LogP contribution in [0.15, 0.2) is 18.3 Å². The second-order valence-corrected chi connectivity index (χ2v) is 1.62. The maximum absolute atomic E-state index is 12.4. The number of rotatable bonds is 1. The summed E-state index contributed by atoms with van der Waals surface area (Å²) in [6.45, 7) is 0. The van der Waals surface area contributed by atoms with E-state index in [0.29, 0.717) is 0 Å². The van der Waals surface area contributed by atoms with Crippen LogP contribution in [0.1, 0.15) is 10.5 Å². The Morgan fingerprint density at radius 3 is 2.80 bits per heavy atom. The molecule has 0 fully saturated rings. The molecule has 4 heteroatoms. The van der Waals surface area contributed by atoms with E-state index in [1.54, 1.807) is 0 Å². The van der Waals surface area contributed by atoms with Crippen molar-refractivity contribution in [3.63, 3.8) is 0 Å². The standard InChI is InChI=1S/C6H4FNO2/c7-4-2-1-3-8-5(4)6(9)10/h1-3H,(H,9,10)/p-1. The lowest BCUT2D eigenvalue weighted by atomic mass is 10.3. The normalized spacial score (nSPS) is 9.30. The first-order chi connectivity index (χ1) is 4.72. The summed E-state index contributed by atoms with van der Waals surface area (Å²) in [5.41, 5.74) is -0.650. The Kier molecular flexibility index (Phi) is 1.62. The highest BCUT2D eigenvalue weighted by Crippen LogP contribution is 1.99. The number of aromatic nitrogens is 1. The van der Waals surface area contributed by atoms with E-state index in [9.17, 15) is 14.3 Å². The maximum Gasteiger partial charge on any atom is 0.150 e. The molecule has 0 atom stereocenters. The number of carboxylic acids is 1. The number of hydrogen-bond donors (Lipinski definition) is 0. The van der Waals surface area contributed by atoms with Crippen LogP contribution >= 0.6 is 0 Å². The largest absolute Gasteiger partial charge is 0.543 e. The summed E-state index contributed by atoms with van der Waals surface area (Å²) < 4.78 is 12.4. The fourth-order valence-corrected chi connectivity index (χ4v) is 0.536. The van der Waals surface area contributed by atoms with Gasteiger partial charge in [0.15, 0.2) is 5.82 Å². The highest BCUT2D eigenvalue weighted by atomic mass is 19.1. The first kappa shape index (κ1) is 6.67. The number of carboxylic acid groups (broad SMARTS) is 1. The fourth-order valence-electron chi connectivity index (χ4n) is 0.536. The van der Waals surface area contributed by atoms with Crippen molar-refractivity contribution in [3.05, 3.63) is 29.8 Å². The van der Waals surface area contributed by atoms with Crippen LogP contribution in [0.3, 0.4) is 0 Å². The zero-order chi connectivity index (χ0) is 7.56. The van der Waals surface area contributed by atoms with Gasteiger partial charge >= 0.3 is 0 Å². The van der Waals surface area contributed by atoms with Gasteiger partial charge in [-0.1, -0.05) is 0 Å². The van der Waals surface area contributed by atoms with E-state index < -0.39 is 17.5 Å². The van der Waals surface area contributed by atoms with Crippen molar-refractivity contribution >= 4 is 5.97 Å². The zero-order valence-corrected chi connectivity index (χ0v) is 4.87. The smallest absolute Gasteiger partial charge is 0.150 e. The van der Waals surface area contributed by atoms with Gasteiger partial charge in [-0.05, 0) is 12.1 Å². The Balaban J connectivity index is 3.15. The quantitative estimate of drug-likeness (QED) is 0.532. The molecule has 0 amide bonds. The molecule has 0 N–H and O–H groups in total. The van der Waals surface area contributed by atoms with Gasteiger partial charge in [-0.25, -0.2) is 4.39 Å². The summed E-state index contributed by atoms with van der Waals surface area (Å²) in [6.07, 6.45) is 1.19. The van der Waals surface area contributed by atoms with Crippen LogP contribution in [0.5, 0.6) is 0 Å². The summed E-state index contributed by atoms with van der Waals surface area (Å²) in [4.78, 5) is 13.2. The molecule has 1 heterocycles. The van der Waals surface area contributed by atoms with Crippen molar-refractivity contribution in [3.8, 4) is 0 Å². The molecule has 0 saturated heterocycles. The van der Waals surface area contributed by atoms with Gasteiger partial charge in [0.05, 0.1) is 5.97 Å².